The highest BCUT2D eigenvalue weighted by atomic mass is 79.9. The third kappa shape index (κ3) is 4.95. The zero-order valence-electron chi connectivity index (χ0n) is 12.1. The van der Waals surface area contributed by atoms with Crippen molar-refractivity contribution >= 4 is 21.8 Å². The summed E-state index contributed by atoms with van der Waals surface area (Å²) in [6.45, 7) is 7.41. The van der Waals surface area contributed by atoms with Crippen LogP contribution in [0.15, 0.2) is 4.47 Å². The molecule has 1 atom stereocenters. The second-order valence-electron chi connectivity index (χ2n) is 4.77. The third-order valence-corrected chi connectivity index (χ3v) is 4.13. The summed E-state index contributed by atoms with van der Waals surface area (Å²) >= 11 is 3.52. The Bertz CT molecular complexity index is 431. The van der Waals surface area contributed by atoms with Gasteiger partial charge in [0.15, 0.2) is 0 Å². The lowest BCUT2D eigenvalue weighted by Gasteiger charge is -2.11. The normalized spacial score (nSPS) is 12.5. The summed E-state index contributed by atoms with van der Waals surface area (Å²) in [5.41, 5.74) is 2.08. The molecule has 0 saturated heterocycles. The first-order chi connectivity index (χ1) is 8.95. The van der Waals surface area contributed by atoms with Crippen LogP contribution in [-0.4, -0.2) is 28.3 Å². The van der Waals surface area contributed by atoms with Crippen molar-refractivity contribution in [3.05, 3.63) is 15.9 Å². The molecule has 1 unspecified atom stereocenters. The zero-order chi connectivity index (χ0) is 14.4. The molecule has 0 aromatic carbocycles. The third-order valence-electron chi connectivity index (χ3n) is 3.10. The highest BCUT2D eigenvalue weighted by Gasteiger charge is 2.10. The highest BCUT2D eigenvalue weighted by Crippen LogP contribution is 2.19. The first-order valence-corrected chi connectivity index (χ1v) is 7.43. The number of nitrogens with zero attached hydrogens (tertiary/aromatic N) is 2. The van der Waals surface area contributed by atoms with Crippen molar-refractivity contribution in [1.82, 2.24) is 20.4 Å². The monoisotopic (exact) mass is 330 g/mol. The number of aryl methyl sites for hydroxylation is 2. The van der Waals surface area contributed by atoms with Gasteiger partial charge in [-0.15, -0.1) is 0 Å². The van der Waals surface area contributed by atoms with Crippen LogP contribution in [0.4, 0.5) is 0 Å². The number of hydrogen-bond acceptors (Lipinski definition) is 3. The van der Waals surface area contributed by atoms with Gasteiger partial charge in [0, 0.05) is 32.6 Å². The molecule has 0 bridgehead atoms. The van der Waals surface area contributed by atoms with Crippen LogP contribution in [0.2, 0.25) is 0 Å². The van der Waals surface area contributed by atoms with Crippen molar-refractivity contribution in [2.45, 2.75) is 46.2 Å². The summed E-state index contributed by atoms with van der Waals surface area (Å²) in [5, 5.41) is 10.5. The summed E-state index contributed by atoms with van der Waals surface area (Å²) in [6.07, 6.45) is 1.46. The first kappa shape index (κ1) is 16.2. The fourth-order valence-electron chi connectivity index (χ4n) is 1.73. The highest BCUT2D eigenvalue weighted by molar-refractivity contribution is 9.10. The average Bonchev–Trinajstić information content (AvgIpc) is 2.60. The molecular weight excluding hydrogens is 308 g/mol. The van der Waals surface area contributed by atoms with Crippen LogP contribution in [0.1, 0.15) is 38.1 Å². The molecule has 1 aromatic rings. The Labute approximate surface area is 123 Å². The van der Waals surface area contributed by atoms with Crippen LogP contribution in [0.3, 0.4) is 0 Å². The summed E-state index contributed by atoms with van der Waals surface area (Å²) in [4.78, 5) is 11.6. The SMILES string of the molecule is CCC(C)NC(=O)CCNCc1c(Br)c(C)nn1C. The second kappa shape index (κ2) is 7.65. The van der Waals surface area contributed by atoms with Crippen LogP contribution in [-0.2, 0) is 18.4 Å². The van der Waals surface area contributed by atoms with Gasteiger partial charge in [-0.05, 0) is 36.2 Å². The van der Waals surface area contributed by atoms with Gasteiger partial charge in [-0.25, -0.2) is 0 Å². The fraction of sp³-hybridized carbons (Fsp3) is 0.692. The van der Waals surface area contributed by atoms with E-state index >= 15 is 0 Å². The fourth-order valence-corrected chi connectivity index (χ4v) is 2.21. The minimum absolute atomic E-state index is 0.0992. The molecule has 0 saturated carbocycles. The van der Waals surface area contributed by atoms with Crippen molar-refractivity contribution in [3.8, 4) is 0 Å². The molecule has 1 aromatic heterocycles. The molecule has 0 radical (unpaired) electrons. The first-order valence-electron chi connectivity index (χ1n) is 6.63. The Morgan fingerprint density at radius 2 is 2.21 bits per heavy atom. The number of carbonyl (C=O) groups excluding carboxylic acids is 1. The van der Waals surface area contributed by atoms with E-state index < -0.39 is 0 Å². The van der Waals surface area contributed by atoms with Crippen molar-refractivity contribution in [2.75, 3.05) is 6.54 Å². The number of nitrogens with one attached hydrogen (secondary N) is 2. The van der Waals surface area contributed by atoms with E-state index in [1.807, 2.05) is 25.6 Å². The minimum atomic E-state index is 0.0992. The number of carbonyl (C=O) groups is 1. The molecule has 0 aliphatic heterocycles. The molecule has 5 nitrogen and oxygen atoms in total. The van der Waals surface area contributed by atoms with E-state index in [1.54, 1.807) is 0 Å². The van der Waals surface area contributed by atoms with Gasteiger partial charge in [0.05, 0.1) is 15.9 Å². The number of halogens is 1. The Kier molecular flexibility index (Phi) is 6.51. The van der Waals surface area contributed by atoms with Gasteiger partial charge in [-0.3, -0.25) is 9.48 Å². The molecule has 2 N–H and O–H groups in total. The molecule has 0 aliphatic carbocycles. The van der Waals surface area contributed by atoms with Gasteiger partial charge in [0.25, 0.3) is 0 Å². The summed E-state index contributed by atoms with van der Waals surface area (Å²) in [6, 6.07) is 0.251. The number of aromatic nitrogens is 2. The van der Waals surface area contributed by atoms with Gasteiger partial charge < -0.3 is 10.6 Å². The molecule has 1 rings (SSSR count). The molecule has 19 heavy (non-hydrogen) atoms. The van der Waals surface area contributed by atoms with Crippen LogP contribution < -0.4 is 10.6 Å². The number of amides is 1. The van der Waals surface area contributed by atoms with Gasteiger partial charge in [0.2, 0.25) is 5.91 Å². The maximum atomic E-state index is 11.6. The Morgan fingerprint density at radius 1 is 1.53 bits per heavy atom. The second-order valence-corrected chi connectivity index (χ2v) is 5.57. The molecule has 0 fully saturated rings. The van der Waals surface area contributed by atoms with Gasteiger partial charge in [-0.2, -0.15) is 5.10 Å². The maximum Gasteiger partial charge on any atom is 0.221 e. The van der Waals surface area contributed by atoms with Crippen molar-refractivity contribution in [1.29, 1.82) is 0 Å². The summed E-state index contributed by atoms with van der Waals surface area (Å²) < 4.78 is 2.89. The van der Waals surface area contributed by atoms with Crippen molar-refractivity contribution in [3.63, 3.8) is 0 Å². The molecule has 0 spiro atoms. The lowest BCUT2D eigenvalue weighted by Crippen LogP contribution is -2.34. The van der Waals surface area contributed by atoms with E-state index in [9.17, 15) is 4.79 Å². The van der Waals surface area contributed by atoms with Crippen LogP contribution in [0.5, 0.6) is 0 Å². The summed E-state index contributed by atoms with van der Waals surface area (Å²) in [7, 11) is 1.92. The summed E-state index contributed by atoms with van der Waals surface area (Å²) in [5.74, 6) is 0.0992. The quantitative estimate of drug-likeness (QED) is 0.750. The predicted molar refractivity (Wildman–Crippen MR) is 79.9 cm³/mol. The van der Waals surface area contributed by atoms with E-state index in [4.69, 9.17) is 0 Å². The van der Waals surface area contributed by atoms with E-state index in [1.165, 1.54) is 0 Å². The molecule has 1 heterocycles. The molecule has 6 heteroatoms. The zero-order valence-corrected chi connectivity index (χ0v) is 13.7. The smallest absolute Gasteiger partial charge is 0.221 e. The molecule has 1 amide bonds. The molecular formula is C13H23BrN4O. The predicted octanol–water partition coefficient (Wildman–Crippen LogP) is 1.89. The number of rotatable bonds is 7. The maximum absolute atomic E-state index is 11.6. The standard InChI is InChI=1S/C13H23BrN4O/c1-5-9(2)16-12(19)6-7-15-8-11-13(14)10(3)17-18(11)4/h9,15H,5-8H2,1-4H3,(H,16,19). The van der Waals surface area contributed by atoms with Gasteiger partial charge in [-0.1, -0.05) is 6.92 Å². The van der Waals surface area contributed by atoms with E-state index in [0.717, 1.165) is 22.3 Å². The average molecular weight is 331 g/mol. The van der Waals surface area contributed by atoms with E-state index in [0.29, 0.717) is 19.5 Å². The largest absolute Gasteiger partial charge is 0.354 e. The molecule has 0 aliphatic rings. The lowest BCUT2D eigenvalue weighted by molar-refractivity contribution is -0.121. The van der Waals surface area contributed by atoms with Crippen molar-refractivity contribution in [2.24, 2.45) is 7.05 Å². The van der Waals surface area contributed by atoms with Gasteiger partial charge in [0.1, 0.15) is 0 Å². The Balaban J connectivity index is 2.29. The van der Waals surface area contributed by atoms with Crippen LogP contribution >= 0.6 is 15.9 Å². The van der Waals surface area contributed by atoms with Crippen LogP contribution in [0, 0.1) is 6.92 Å². The topological polar surface area (TPSA) is 59.0 Å². The van der Waals surface area contributed by atoms with Crippen molar-refractivity contribution < 1.29 is 4.79 Å². The lowest BCUT2D eigenvalue weighted by atomic mass is 10.2. The minimum Gasteiger partial charge on any atom is -0.354 e. The number of hydrogen-bond donors (Lipinski definition) is 2. The van der Waals surface area contributed by atoms with E-state index in [2.05, 4.69) is 38.6 Å². The van der Waals surface area contributed by atoms with Gasteiger partial charge >= 0.3 is 0 Å². The Hall–Kier alpha value is -0.880. The Morgan fingerprint density at radius 3 is 2.74 bits per heavy atom. The van der Waals surface area contributed by atoms with E-state index in [-0.39, 0.29) is 11.9 Å². The molecule has 108 valence electrons. The van der Waals surface area contributed by atoms with Crippen LogP contribution in [0.25, 0.3) is 0 Å².